The number of nitrogens with one attached hydrogen (secondary N) is 1. The van der Waals surface area contributed by atoms with Crippen LogP contribution in [-0.4, -0.2) is 21.0 Å². The lowest BCUT2D eigenvalue weighted by atomic mass is 10.1. The molecule has 0 amide bonds. The summed E-state index contributed by atoms with van der Waals surface area (Å²) in [5.41, 5.74) is 8.85. The van der Waals surface area contributed by atoms with Gasteiger partial charge in [0.25, 0.3) is 0 Å². The fourth-order valence-electron chi connectivity index (χ4n) is 3.68. The molecule has 0 fully saturated rings. The van der Waals surface area contributed by atoms with Crippen LogP contribution in [0.3, 0.4) is 0 Å². The second kappa shape index (κ2) is 10.8. The minimum Gasteiger partial charge on any atom is -0.287 e. The quantitative estimate of drug-likeness (QED) is 0.145. The summed E-state index contributed by atoms with van der Waals surface area (Å²) in [5.74, 6) is 0.316. The van der Waals surface area contributed by atoms with E-state index in [-0.39, 0.29) is 5.82 Å². The number of aromatic nitrogens is 2. The Balaban J connectivity index is 1.46. The first-order valence-corrected chi connectivity index (χ1v) is 12.2. The van der Waals surface area contributed by atoms with E-state index >= 15 is 0 Å². The second-order valence-electron chi connectivity index (χ2n) is 7.79. The molecule has 5 aromatic rings. The number of para-hydroxylation sites is 1. The van der Waals surface area contributed by atoms with E-state index in [0.717, 1.165) is 39.1 Å². The number of thioether (sulfide) groups is 1. The second-order valence-corrected chi connectivity index (χ2v) is 8.74. The molecule has 0 bridgehead atoms. The molecule has 0 aliphatic carbocycles. The fourth-order valence-corrected chi connectivity index (χ4v) is 4.63. The normalized spacial score (nSPS) is 11.4. The largest absolute Gasteiger partial charge is 0.287 e. The molecule has 0 unspecified atom stereocenters. The molecule has 4 aromatic carbocycles. The van der Waals surface area contributed by atoms with Gasteiger partial charge in [0.05, 0.1) is 23.3 Å². The highest BCUT2D eigenvalue weighted by Crippen LogP contribution is 2.30. The maximum Gasteiger partial charge on any atom is 0.173 e. The number of hydrogen-bond acceptors (Lipinski definition) is 4. The van der Waals surface area contributed by atoms with E-state index in [2.05, 4.69) is 39.4 Å². The molecular weight excluding hydrogens is 455 g/mol. The number of halogens is 1. The lowest BCUT2D eigenvalue weighted by molar-refractivity contribution is 0.628. The van der Waals surface area contributed by atoms with Gasteiger partial charge in [-0.25, -0.2) is 9.37 Å². The predicted molar refractivity (Wildman–Crippen MR) is 143 cm³/mol. The molecule has 0 aliphatic heterocycles. The Kier molecular flexibility index (Phi) is 7.01. The number of hydrogen-bond donors (Lipinski definition) is 1. The van der Waals surface area contributed by atoms with E-state index in [4.69, 9.17) is 4.98 Å². The molecular formula is C29H23FN4S. The van der Waals surface area contributed by atoms with Crippen LogP contribution in [0.15, 0.2) is 132 Å². The number of hydrazone groups is 1. The molecule has 5 rings (SSSR count). The van der Waals surface area contributed by atoms with Gasteiger partial charge in [-0.1, -0.05) is 90.6 Å². The van der Waals surface area contributed by atoms with Gasteiger partial charge in [-0.3, -0.25) is 9.99 Å². The van der Waals surface area contributed by atoms with Crippen LogP contribution in [0, 0.1) is 5.82 Å². The summed E-state index contributed by atoms with van der Waals surface area (Å²) in [6.07, 6.45) is 1.92. The molecule has 0 saturated heterocycles. The lowest BCUT2D eigenvalue weighted by Crippen LogP contribution is -2.09. The molecule has 0 saturated carbocycles. The van der Waals surface area contributed by atoms with Crippen molar-refractivity contribution >= 4 is 23.2 Å². The smallest absolute Gasteiger partial charge is 0.173 e. The summed E-state index contributed by atoms with van der Waals surface area (Å²) in [5, 5.41) is 5.54. The van der Waals surface area contributed by atoms with Crippen LogP contribution in [0.2, 0.25) is 0 Å². The Hall–Kier alpha value is -4.16. The highest BCUT2D eigenvalue weighted by atomic mass is 32.2. The molecule has 1 N–H and O–H groups in total. The number of rotatable bonds is 8. The monoisotopic (exact) mass is 478 g/mol. The number of imidazole rings is 1. The lowest BCUT2D eigenvalue weighted by Gasteiger charge is -2.13. The first-order chi connectivity index (χ1) is 17.3. The fraction of sp³-hybridized carbons (Fsp3) is 0.0345. The Morgan fingerprint density at radius 3 is 2.11 bits per heavy atom. The predicted octanol–water partition coefficient (Wildman–Crippen LogP) is 7.29. The van der Waals surface area contributed by atoms with Gasteiger partial charge in [-0.2, -0.15) is 5.10 Å². The van der Waals surface area contributed by atoms with Gasteiger partial charge in [0.1, 0.15) is 5.82 Å². The molecule has 172 valence electrons. The van der Waals surface area contributed by atoms with Crippen LogP contribution in [-0.2, 0) is 0 Å². The van der Waals surface area contributed by atoms with Crippen LogP contribution >= 0.6 is 11.8 Å². The molecule has 0 aliphatic rings. The summed E-state index contributed by atoms with van der Waals surface area (Å²) >= 11 is 1.62. The molecule has 1 aromatic heterocycles. The van der Waals surface area contributed by atoms with Crippen LogP contribution in [0.25, 0.3) is 16.9 Å². The van der Waals surface area contributed by atoms with Crippen molar-refractivity contribution in [3.63, 3.8) is 0 Å². The van der Waals surface area contributed by atoms with Gasteiger partial charge in [-0.15, -0.1) is 0 Å². The summed E-state index contributed by atoms with van der Waals surface area (Å²) < 4.78 is 15.5. The Labute approximate surface area is 208 Å². The van der Waals surface area contributed by atoms with Crippen molar-refractivity contribution in [3.8, 4) is 16.9 Å². The summed E-state index contributed by atoms with van der Waals surface area (Å²) in [7, 11) is 0. The summed E-state index contributed by atoms with van der Waals surface area (Å²) in [6, 6.07) is 36.7. The van der Waals surface area contributed by atoms with Crippen molar-refractivity contribution in [1.82, 2.24) is 9.55 Å². The van der Waals surface area contributed by atoms with E-state index in [1.54, 1.807) is 23.9 Å². The molecule has 4 nitrogen and oxygen atoms in total. The average Bonchev–Trinajstić information content (AvgIpc) is 3.35. The number of anilines is 1. The zero-order chi connectivity index (χ0) is 23.9. The molecule has 0 spiro atoms. The van der Waals surface area contributed by atoms with Crippen LogP contribution in [0.4, 0.5) is 10.1 Å². The van der Waals surface area contributed by atoms with Crippen molar-refractivity contribution in [1.29, 1.82) is 0 Å². The molecule has 1 heterocycles. The van der Waals surface area contributed by atoms with Gasteiger partial charge < -0.3 is 0 Å². The number of nitrogens with zero attached hydrogens (tertiary/aromatic N) is 3. The first-order valence-electron chi connectivity index (χ1n) is 11.2. The third-order valence-corrected chi connectivity index (χ3v) is 6.39. The topological polar surface area (TPSA) is 42.2 Å². The molecule has 0 atom stereocenters. The van der Waals surface area contributed by atoms with E-state index < -0.39 is 0 Å². The Morgan fingerprint density at radius 2 is 1.43 bits per heavy atom. The van der Waals surface area contributed by atoms with Gasteiger partial charge in [-0.05, 0) is 42.0 Å². The van der Waals surface area contributed by atoms with Crippen LogP contribution < -0.4 is 5.43 Å². The zero-order valence-corrected chi connectivity index (χ0v) is 19.7. The van der Waals surface area contributed by atoms with E-state index in [1.165, 1.54) is 12.1 Å². The van der Waals surface area contributed by atoms with Gasteiger partial charge >= 0.3 is 0 Å². The number of benzene rings is 4. The third kappa shape index (κ3) is 5.50. The van der Waals surface area contributed by atoms with E-state index in [9.17, 15) is 4.39 Å². The van der Waals surface area contributed by atoms with Gasteiger partial charge in [0.15, 0.2) is 5.16 Å². The molecule has 0 radical (unpaired) electrons. The first kappa shape index (κ1) is 22.6. The average molecular weight is 479 g/mol. The standard InChI is InChI=1S/C29H23FN4S/c30-24-16-18-25(19-17-24)32-33-27(22-10-4-1-5-11-22)21-35-29-31-20-28(23-12-6-2-7-13-23)34(29)26-14-8-3-9-15-26/h1-20,32H,21H2. The maximum absolute atomic E-state index is 13.3. The Morgan fingerprint density at radius 1 is 0.800 bits per heavy atom. The highest BCUT2D eigenvalue weighted by Gasteiger charge is 2.15. The zero-order valence-electron chi connectivity index (χ0n) is 18.9. The van der Waals surface area contributed by atoms with E-state index in [0.29, 0.717) is 5.75 Å². The van der Waals surface area contributed by atoms with Crippen molar-refractivity contribution in [2.75, 3.05) is 11.2 Å². The SMILES string of the molecule is Fc1ccc(NN=C(CSc2ncc(-c3ccccc3)n2-c2ccccc2)c2ccccc2)cc1. The van der Waals surface area contributed by atoms with Gasteiger partial charge in [0.2, 0.25) is 0 Å². The minimum absolute atomic E-state index is 0.277. The molecule has 35 heavy (non-hydrogen) atoms. The van der Waals surface area contributed by atoms with Crippen LogP contribution in [0.1, 0.15) is 5.56 Å². The third-order valence-electron chi connectivity index (χ3n) is 5.42. The Bertz CT molecular complexity index is 1400. The van der Waals surface area contributed by atoms with E-state index in [1.807, 2.05) is 72.9 Å². The van der Waals surface area contributed by atoms with Gasteiger partial charge in [0, 0.05) is 17.0 Å². The van der Waals surface area contributed by atoms with Crippen molar-refractivity contribution < 1.29 is 4.39 Å². The van der Waals surface area contributed by atoms with Crippen molar-refractivity contribution in [2.24, 2.45) is 5.10 Å². The summed E-state index contributed by atoms with van der Waals surface area (Å²) in [6.45, 7) is 0. The van der Waals surface area contributed by atoms with Crippen molar-refractivity contribution in [3.05, 3.63) is 133 Å². The highest BCUT2D eigenvalue weighted by molar-refractivity contribution is 7.99. The minimum atomic E-state index is -0.277. The van der Waals surface area contributed by atoms with Crippen LogP contribution in [0.5, 0.6) is 0 Å². The summed E-state index contributed by atoms with van der Waals surface area (Å²) in [4.78, 5) is 4.77. The maximum atomic E-state index is 13.3. The molecule has 6 heteroatoms. The van der Waals surface area contributed by atoms with Crippen molar-refractivity contribution in [2.45, 2.75) is 5.16 Å².